The number of carbonyl (C=O) groups excluding carboxylic acids is 2. The van der Waals surface area contributed by atoms with Gasteiger partial charge in [-0.3, -0.25) is 9.59 Å². The van der Waals surface area contributed by atoms with Gasteiger partial charge in [0.1, 0.15) is 6.26 Å². The van der Waals surface area contributed by atoms with Gasteiger partial charge in [-0.2, -0.15) is 0 Å². The quantitative estimate of drug-likeness (QED) is 0.613. The smallest absolute Gasteiger partial charge is 0.227 e. The van der Waals surface area contributed by atoms with E-state index in [2.05, 4.69) is 22.3 Å². The van der Waals surface area contributed by atoms with Crippen molar-refractivity contribution in [3.05, 3.63) is 60.2 Å². The van der Waals surface area contributed by atoms with Crippen molar-refractivity contribution in [1.82, 2.24) is 10.2 Å². The Balaban J connectivity index is 1.26. The molecule has 5 rings (SSSR count). The summed E-state index contributed by atoms with van der Waals surface area (Å²) in [7, 11) is -3.26. The van der Waals surface area contributed by atoms with Crippen LogP contribution in [0, 0.1) is 17.3 Å². The van der Waals surface area contributed by atoms with Gasteiger partial charge in [0.25, 0.3) is 0 Å². The van der Waals surface area contributed by atoms with Crippen LogP contribution in [0.1, 0.15) is 18.4 Å². The molecular weight excluding hydrogens is 450 g/mol. The van der Waals surface area contributed by atoms with Crippen molar-refractivity contribution in [2.75, 3.05) is 43.9 Å². The molecule has 2 heterocycles. The summed E-state index contributed by atoms with van der Waals surface area (Å²) in [6.07, 6.45) is 3.37. The Hall–Kier alpha value is -2.71. The molecule has 7 nitrogen and oxygen atoms in total. The molecule has 2 unspecified atom stereocenters. The number of hydrogen-bond donors (Lipinski definition) is 1. The first kappa shape index (κ1) is 23.1. The molecule has 1 aliphatic carbocycles. The molecule has 3 fully saturated rings. The zero-order valence-electron chi connectivity index (χ0n) is 19.4. The first-order valence-corrected chi connectivity index (χ1v) is 13.8. The summed E-state index contributed by atoms with van der Waals surface area (Å²) in [6, 6.07) is 16.8. The van der Waals surface area contributed by atoms with Crippen molar-refractivity contribution in [3.8, 4) is 0 Å². The minimum atomic E-state index is -3.26. The number of anilines is 1. The summed E-state index contributed by atoms with van der Waals surface area (Å²) in [6.45, 7) is 3.65. The second-order valence-corrected chi connectivity index (χ2v) is 12.2. The van der Waals surface area contributed by atoms with Gasteiger partial charge in [0.05, 0.1) is 16.6 Å². The molecule has 1 N–H and O–H groups in total. The predicted octanol–water partition coefficient (Wildman–Crippen LogP) is 2.34. The Morgan fingerprint density at radius 1 is 1.06 bits per heavy atom. The van der Waals surface area contributed by atoms with E-state index >= 15 is 0 Å². The third-order valence-electron chi connectivity index (χ3n) is 7.48. The van der Waals surface area contributed by atoms with Crippen LogP contribution in [0.5, 0.6) is 0 Å². The maximum Gasteiger partial charge on any atom is 0.227 e. The van der Waals surface area contributed by atoms with E-state index in [9.17, 15) is 18.4 Å². The van der Waals surface area contributed by atoms with E-state index in [1.54, 1.807) is 24.3 Å². The fraction of sp³-hybridized carbons (Fsp3) is 0.462. The number of rotatable bonds is 7. The number of benzene rings is 2. The van der Waals surface area contributed by atoms with Crippen LogP contribution in [0.4, 0.5) is 5.69 Å². The minimum absolute atomic E-state index is 0.0253. The zero-order valence-corrected chi connectivity index (χ0v) is 20.3. The van der Waals surface area contributed by atoms with Crippen LogP contribution >= 0.6 is 0 Å². The highest BCUT2D eigenvalue weighted by Crippen LogP contribution is 2.45. The van der Waals surface area contributed by atoms with Crippen molar-refractivity contribution in [2.24, 2.45) is 17.3 Å². The van der Waals surface area contributed by atoms with Crippen LogP contribution < -0.4 is 10.2 Å². The first-order chi connectivity index (χ1) is 16.2. The number of sulfone groups is 1. The molecule has 180 valence electrons. The average molecular weight is 482 g/mol. The Labute approximate surface area is 201 Å². The average Bonchev–Trinajstić information content (AvgIpc) is 3.57. The summed E-state index contributed by atoms with van der Waals surface area (Å²) < 4.78 is 23.4. The normalized spacial score (nSPS) is 22.8. The van der Waals surface area contributed by atoms with Gasteiger partial charge in [-0.1, -0.05) is 30.3 Å². The number of nitrogens with zero attached hydrogens (tertiary/aromatic N) is 2. The van der Waals surface area contributed by atoms with Crippen molar-refractivity contribution >= 4 is 27.7 Å². The van der Waals surface area contributed by atoms with Crippen molar-refractivity contribution in [1.29, 1.82) is 0 Å². The fourth-order valence-electron chi connectivity index (χ4n) is 5.25. The number of hydrogen-bond acceptors (Lipinski definition) is 5. The third-order valence-corrected chi connectivity index (χ3v) is 8.60. The lowest BCUT2D eigenvalue weighted by atomic mass is 9.71. The molecule has 0 bridgehead atoms. The molecule has 1 saturated carbocycles. The molecule has 2 amide bonds. The van der Waals surface area contributed by atoms with Gasteiger partial charge >= 0.3 is 0 Å². The van der Waals surface area contributed by atoms with Crippen molar-refractivity contribution < 1.29 is 18.4 Å². The summed E-state index contributed by atoms with van der Waals surface area (Å²) in [4.78, 5) is 30.0. The SMILES string of the molecule is C[S+](=O)([O-])c1ccc(CC(=O)N2CC(CNC(=O)C3CC3)C3(C2)CN(c2ccccc2)C3)cc1. The highest BCUT2D eigenvalue weighted by molar-refractivity contribution is 7.97. The van der Waals surface area contributed by atoms with Gasteiger partial charge in [0.2, 0.25) is 11.8 Å². The monoisotopic (exact) mass is 481 g/mol. The molecule has 2 atom stereocenters. The maximum atomic E-state index is 13.2. The first-order valence-electron chi connectivity index (χ1n) is 11.9. The van der Waals surface area contributed by atoms with Gasteiger partial charge < -0.3 is 19.7 Å². The van der Waals surface area contributed by atoms with Crippen molar-refractivity contribution in [3.63, 3.8) is 0 Å². The lowest BCUT2D eigenvalue weighted by molar-refractivity contribution is -0.130. The molecule has 3 aliphatic rings. The number of nitrogens with one attached hydrogen (secondary N) is 1. The van der Waals surface area contributed by atoms with Crippen LogP contribution in [-0.4, -0.2) is 60.2 Å². The van der Waals surface area contributed by atoms with Crippen LogP contribution in [-0.2, 0) is 30.4 Å². The molecule has 2 saturated heterocycles. The highest BCUT2D eigenvalue weighted by atomic mass is 32.3. The Morgan fingerprint density at radius 3 is 2.35 bits per heavy atom. The summed E-state index contributed by atoms with van der Waals surface area (Å²) >= 11 is 0. The summed E-state index contributed by atoms with van der Waals surface area (Å²) in [5, 5.41) is 3.14. The summed E-state index contributed by atoms with van der Waals surface area (Å²) in [5.41, 5.74) is 1.96. The molecule has 1 spiro atoms. The van der Waals surface area contributed by atoms with E-state index in [-0.39, 0.29) is 40.4 Å². The van der Waals surface area contributed by atoms with E-state index in [1.165, 1.54) is 11.9 Å². The molecular formula is C26H31N3O4S. The lowest BCUT2D eigenvalue weighted by Gasteiger charge is -2.52. The van der Waals surface area contributed by atoms with E-state index in [1.807, 2.05) is 23.1 Å². The van der Waals surface area contributed by atoms with Gasteiger partial charge in [0, 0.05) is 55.7 Å². The largest absolute Gasteiger partial charge is 0.610 e. The minimum Gasteiger partial charge on any atom is -0.610 e. The third kappa shape index (κ3) is 4.74. The van der Waals surface area contributed by atoms with Crippen LogP contribution in [0.15, 0.2) is 59.5 Å². The Kier molecular flexibility index (Phi) is 5.98. The number of amides is 2. The molecule has 2 aromatic rings. The highest BCUT2D eigenvalue weighted by Gasteiger charge is 2.55. The lowest BCUT2D eigenvalue weighted by Crippen LogP contribution is -2.62. The molecule has 34 heavy (non-hydrogen) atoms. The van der Waals surface area contributed by atoms with Crippen LogP contribution in [0.25, 0.3) is 0 Å². The number of likely N-dealkylation sites (tertiary alicyclic amines) is 1. The predicted molar refractivity (Wildman–Crippen MR) is 130 cm³/mol. The van der Waals surface area contributed by atoms with Gasteiger partial charge in [-0.15, -0.1) is 4.21 Å². The standard InChI is InChI=1S/C26H31N3O4S/c1-34(32,33)23-11-7-19(8-12-23)13-24(30)28-15-21(14-27-25(31)20-9-10-20)26(16-28)17-29(18-26)22-5-3-2-4-6-22/h2-8,11-12,20-21H,9-10,13-18H2,1H3,(H-,27,31,32,33). The Bertz CT molecular complexity index is 1100. The molecule has 0 radical (unpaired) electrons. The second-order valence-electron chi connectivity index (χ2n) is 10.1. The van der Waals surface area contributed by atoms with E-state index < -0.39 is 10.2 Å². The topological polar surface area (TPSA) is 92.8 Å². The van der Waals surface area contributed by atoms with Crippen LogP contribution in [0.3, 0.4) is 0 Å². The fourth-order valence-corrected chi connectivity index (χ4v) is 5.88. The number of carbonyl (C=O) groups is 2. The van der Waals surface area contributed by atoms with Gasteiger partial charge in [-0.05, 0) is 42.7 Å². The molecule has 0 aromatic heterocycles. The summed E-state index contributed by atoms with van der Waals surface area (Å²) in [5.74, 6) is 0.574. The Morgan fingerprint density at radius 2 is 1.74 bits per heavy atom. The van der Waals surface area contributed by atoms with Crippen molar-refractivity contribution in [2.45, 2.75) is 24.2 Å². The van der Waals surface area contributed by atoms with E-state index in [0.717, 1.165) is 31.5 Å². The van der Waals surface area contributed by atoms with E-state index in [0.29, 0.717) is 19.6 Å². The maximum absolute atomic E-state index is 13.2. The molecule has 2 aliphatic heterocycles. The van der Waals surface area contributed by atoms with Crippen LogP contribution in [0.2, 0.25) is 0 Å². The number of para-hydroxylation sites is 1. The van der Waals surface area contributed by atoms with Gasteiger partial charge in [-0.25, -0.2) is 0 Å². The second kappa shape index (κ2) is 8.82. The van der Waals surface area contributed by atoms with Gasteiger partial charge in [0.15, 0.2) is 4.90 Å². The van der Waals surface area contributed by atoms with E-state index in [4.69, 9.17) is 0 Å². The molecule has 2 aromatic carbocycles. The zero-order chi connectivity index (χ0) is 23.9. The molecule has 8 heteroatoms.